The smallest absolute Gasteiger partial charge is 0.387 e. The van der Waals surface area contributed by atoms with Gasteiger partial charge in [-0.2, -0.15) is 0 Å². The molecule has 3 aromatic rings. The van der Waals surface area contributed by atoms with Crippen LogP contribution in [0.4, 0.5) is 0 Å². The Labute approximate surface area is 165 Å². The zero-order valence-electron chi connectivity index (χ0n) is 13.8. The number of carboxylic acid groups (broad SMARTS) is 1. The van der Waals surface area contributed by atoms with Crippen LogP contribution in [0.15, 0.2) is 72.8 Å². The Morgan fingerprint density at radius 1 is 0.667 bits per heavy atom. The van der Waals surface area contributed by atoms with Crippen molar-refractivity contribution in [3.8, 4) is 23.0 Å². The molecule has 0 spiro atoms. The number of carbonyl (C=O) groups is 1. The van der Waals surface area contributed by atoms with Crippen LogP contribution < -0.4 is 14.2 Å². The third-order valence-corrected chi connectivity index (χ3v) is 3.88. The van der Waals surface area contributed by atoms with Gasteiger partial charge < -0.3 is 19.3 Å². The fourth-order valence-electron chi connectivity index (χ4n) is 2.11. The molecule has 3 aromatic carbocycles. The van der Waals surface area contributed by atoms with Crippen LogP contribution in [-0.2, 0) is 4.79 Å². The van der Waals surface area contributed by atoms with E-state index in [2.05, 4.69) is 0 Å². The molecule has 27 heavy (non-hydrogen) atoms. The maximum atomic E-state index is 11.4. The van der Waals surface area contributed by atoms with Crippen LogP contribution >= 0.6 is 23.2 Å². The molecule has 0 saturated heterocycles. The van der Waals surface area contributed by atoms with Gasteiger partial charge in [-0.15, -0.1) is 0 Å². The van der Waals surface area contributed by atoms with E-state index in [4.69, 9.17) is 37.4 Å². The Hall–Kier alpha value is -2.89. The fourth-order valence-corrected chi connectivity index (χ4v) is 2.36. The summed E-state index contributed by atoms with van der Waals surface area (Å²) in [7, 11) is 0. The standard InChI is InChI=1S/C20H14Cl2O5/c21-13-1-5-15(6-2-13)25-16-9-11-18(12-10-16)27-20(19(23)24)26-17-7-3-14(22)4-8-17/h1-12,20H,(H,23,24). The lowest BCUT2D eigenvalue weighted by Crippen LogP contribution is -2.33. The number of aliphatic carboxylic acids is 1. The van der Waals surface area contributed by atoms with Gasteiger partial charge in [-0.3, -0.25) is 0 Å². The van der Waals surface area contributed by atoms with Crippen molar-refractivity contribution >= 4 is 29.2 Å². The highest BCUT2D eigenvalue weighted by atomic mass is 35.5. The van der Waals surface area contributed by atoms with Crippen molar-refractivity contribution < 1.29 is 24.1 Å². The maximum Gasteiger partial charge on any atom is 0.387 e. The Bertz CT molecular complexity index is 893. The van der Waals surface area contributed by atoms with E-state index in [0.717, 1.165) is 0 Å². The van der Waals surface area contributed by atoms with E-state index in [1.165, 1.54) is 0 Å². The molecule has 1 unspecified atom stereocenters. The van der Waals surface area contributed by atoms with Crippen LogP contribution in [0, 0.1) is 0 Å². The van der Waals surface area contributed by atoms with Gasteiger partial charge in [0.2, 0.25) is 0 Å². The normalized spacial score (nSPS) is 11.5. The second-order valence-corrected chi connectivity index (χ2v) is 6.26. The highest BCUT2D eigenvalue weighted by molar-refractivity contribution is 6.30. The quantitative estimate of drug-likeness (QED) is 0.515. The van der Waals surface area contributed by atoms with E-state index in [-0.39, 0.29) is 0 Å². The van der Waals surface area contributed by atoms with Crippen LogP contribution in [0.2, 0.25) is 10.0 Å². The molecule has 0 amide bonds. The minimum atomic E-state index is -1.51. The first-order valence-electron chi connectivity index (χ1n) is 7.85. The molecule has 0 radical (unpaired) electrons. The summed E-state index contributed by atoms with van der Waals surface area (Å²) >= 11 is 11.6. The molecule has 1 N–H and O–H groups in total. The molecular formula is C20H14Cl2O5. The highest BCUT2D eigenvalue weighted by Gasteiger charge is 2.21. The molecule has 0 bridgehead atoms. The van der Waals surface area contributed by atoms with Crippen molar-refractivity contribution in [3.63, 3.8) is 0 Å². The van der Waals surface area contributed by atoms with Crippen LogP contribution in [0.25, 0.3) is 0 Å². The molecule has 3 rings (SSSR count). The summed E-state index contributed by atoms with van der Waals surface area (Å²) in [5.74, 6) is 0.582. The average Bonchev–Trinajstić information content (AvgIpc) is 2.66. The molecule has 0 saturated carbocycles. The summed E-state index contributed by atoms with van der Waals surface area (Å²) in [5.41, 5.74) is 0. The summed E-state index contributed by atoms with van der Waals surface area (Å²) in [6, 6.07) is 19.7. The molecule has 0 aliphatic heterocycles. The van der Waals surface area contributed by atoms with Crippen LogP contribution in [0.3, 0.4) is 0 Å². The summed E-state index contributed by atoms with van der Waals surface area (Å²) in [6.45, 7) is 0. The Morgan fingerprint density at radius 2 is 1.00 bits per heavy atom. The van der Waals surface area contributed by atoms with Crippen LogP contribution in [0.1, 0.15) is 0 Å². The largest absolute Gasteiger partial charge is 0.476 e. The first-order valence-corrected chi connectivity index (χ1v) is 8.60. The summed E-state index contributed by atoms with van der Waals surface area (Å²) in [4.78, 5) is 11.4. The van der Waals surface area contributed by atoms with Crippen LogP contribution in [0.5, 0.6) is 23.0 Å². The monoisotopic (exact) mass is 404 g/mol. The zero-order chi connectivity index (χ0) is 19.2. The van der Waals surface area contributed by atoms with E-state index in [0.29, 0.717) is 33.0 Å². The number of ether oxygens (including phenoxy) is 3. The minimum Gasteiger partial charge on any atom is -0.476 e. The van der Waals surface area contributed by atoms with Gasteiger partial charge in [0.15, 0.2) is 0 Å². The van der Waals surface area contributed by atoms with E-state index in [1.54, 1.807) is 72.8 Å². The SMILES string of the molecule is O=C(O)C(Oc1ccc(Cl)cc1)Oc1ccc(Oc2ccc(Cl)cc2)cc1. The molecule has 0 aromatic heterocycles. The maximum absolute atomic E-state index is 11.4. The molecule has 7 heteroatoms. The first-order chi connectivity index (χ1) is 13.0. The van der Waals surface area contributed by atoms with Gasteiger partial charge in [-0.05, 0) is 72.8 Å². The number of hydrogen-bond acceptors (Lipinski definition) is 4. The molecule has 5 nitrogen and oxygen atoms in total. The number of carboxylic acids is 1. The molecule has 1 atom stereocenters. The average molecular weight is 405 g/mol. The minimum absolute atomic E-state index is 0.319. The summed E-state index contributed by atoms with van der Waals surface area (Å²) in [6.07, 6.45) is -1.51. The van der Waals surface area contributed by atoms with Crippen molar-refractivity contribution in [2.75, 3.05) is 0 Å². The van der Waals surface area contributed by atoms with E-state index in [1.807, 2.05) is 0 Å². The van der Waals surface area contributed by atoms with Crippen molar-refractivity contribution in [1.82, 2.24) is 0 Å². The van der Waals surface area contributed by atoms with E-state index < -0.39 is 12.3 Å². The van der Waals surface area contributed by atoms with E-state index in [9.17, 15) is 9.90 Å². The van der Waals surface area contributed by atoms with Gasteiger partial charge >= 0.3 is 12.3 Å². The van der Waals surface area contributed by atoms with Gasteiger partial charge in [0.1, 0.15) is 23.0 Å². The van der Waals surface area contributed by atoms with Gasteiger partial charge in [0, 0.05) is 10.0 Å². The number of benzene rings is 3. The number of rotatable bonds is 7. The van der Waals surface area contributed by atoms with Crippen molar-refractivity contribution in [1.29, 1.82) is 0 Å². The lowest BCUT2D eigenvalue weighted by Gasteiger charge is -2.17. The predicted molar refractivity (Wildman–Crippen MR) is 102 cm³/mol. The third-order valence-electron chi connectivity index (χ3n) is 3.37. The molecule has 0 heterocycles. The van der Waals surface area contributed by atoms with Gasteiger partial charge in [0.05, 0.1) is 0 Å². The number of halogens is 2. The van der Waals surface area contributed by atoms with Gasteiger partial charge in [-0.1, -0.05) is 23.2 Å². The molecule has 0 fully saturated rings. The topological polar surface area (TPSA) is 65.0 Å². The molecule has 0 aliphatic rings. The summed E-state index contributed by atoms with van der Waals surface area (Å²) in [5, 5.41) is 10.4. The second-order valence-electron chi connectivity index (χ2n) is 5.39. The Morgan fingerprint density at radius 3 is 1.41 bits per heavy atom. The Balaban J connectivity index is 1.65. The number of hydrogen-bond donors (Lipinski definition) is 1. The second kappa shape index (κ2) is 8.66. The Kier molecular flexibility index (Phi) is 6.06. The van der Waals surface area contributed by atoms with Gasteiger partial charge in [-0.25, -0.2) is 4.79 Å². The van der Waals surface area contributed by atoms with Crippen molar-refractivity contribution in [2.45, 2.75) is 6.29 Å². The van der Waals surface area contributed by atoms with Crippen molar-refractivity contribution in [2.24, 2.45) is 0 Å². The fraction of sp³-hybridized carbons (Fsp3) is 0.0500. The lowest BCUT2D eigenvalue weighted by atomic mass is 10.3. The van der Waals surface area contributed by atoms with Crippen molar-refractivity contribution in [3.05, 3.63) is 82.8 Å². The molecular weight excluding hydrogens is 391 g/mol. The highest BCUT2D eigenvalue weighted by Crippen LogP contribution is 2.26. The first kappa shape index (κ1) is 18.9. The molecule has 0 aliphatic carbocycles. The molecule has 138 valence electrons. The predicted octanol–water partition coefficient (Wildman–Crippen LogP) is 5.65. The van der Waals surface area contributed by atoms with Crippen LogP contribution in [-0.4, -0.2) is 17.4 Å². The lowest BCUT2D eigenvalue weighted by molar-refractivity contribution is -0.158. The van der Waals surface area contributed by atoms with E-state index >= 15 is 0 Å². The zero-order valence-corrected chi connectivity index (χ0v) is 15.4. The third kappa shape index (κ3) is 5.54. The van der Waals surface area contributed by atoms with Gasteiger partial charge in [0.25, 0.3) is 0 Å². The summed E-state index contributed by atoms with van der Waals surface area (Å²) < 4.78 is 16.4.